The molecule has 98 valence electrons. The molecule has 0 aliphatic carbocycles. The molecular weight excluding hydrogens is 247 g/mol. The van der Waals surface area contributed by atoms with E-state index in [9.17, 15) is 4.39 Å². The topological polar surface area (TPSA) is 29.3 Å². The Morgan fingerprint density at radius 3 is 2.78 bits per heavy atom. The van der Waals surface area contributed by atoms with Crippen molar-refractivity contribution in [1.29, 1.82) is 0 Å². The molecule has 1 aliphatic heterocycles. The van der Waals surface area contributed by atoms with Crippen LogP contribution in [0.3, 0.4) is 0 Å². The van der Waals surface area contributed by atoms with Gasteiger partial charge in [0.05, 0.1) is 0 Å². The van der Waals surface area contributed by atoms with E-state index in [1.165, 1.54) is 12.5 Å². The van der Waals surface area contributed by atoms with Gasteiger partial charge in [-0.05, 0) is 37.0 Å². The van der Waals surface area contributed by atoms with Gasteiger partial charge in [-0.3, -0.25) is 4.90 Å². The number of hydrogen-bond acceptors (Lipinski definition) is 2. The molecule has 0 spiro atoms. The van der Waals surface area contributed by atoms with Gasteiger partial charge in [-0.2, -0.15) is 0 Å². The van der Waals surface area contributed by atoms with Crippen LogP contribution in [0.25, 0.3) is 0 Å². The molecule has 0 saturated carbocycles. The van der Waals surface area contributed by atoms with Crippen LogP contribution in [-0.4, -0.2) is 22.5 Å². The van der Waals surface area contributed by atoms with E-state index >= 15 is 0 Å². The summed E-state index contributed by atoms with van der Waals surface area (Å²) >= 11 is 4.86. The molecule has 1 aromatic carbocycles. The fourth-order valence-electron chi connectivity index (χ4n) is 2.70. The Labute approximate surface area is 113 Å². The lowest BCUT2D eigenvalue weighted by Gasteiger charge is -2.21. The monoisotopic (exact) mass is 266 g/mol. The molecular formula is C14H19FN2S. The second-order valence-electron chi connectivity index (χ2n) is 5.30. The fourth-order valence-corrected chi connectivity index (χ4v) is 2.86. The smallest absolute Gasteiger partial charge is 0.133 e. The summed E-state index contributed by atoms with van der Waals surface area (Å²) in [5.74, 6) is 0.393. The van der Waals surface area contributed by atoms with Crippen LogP contribution in [0.5, 0.6) is 0 Å². The van der Waals surface area contributed by atoms with Crippen molar-refractivity contribution in [3.05, 3.63) is 35.1 Å². The minimum absolute atomic E-state index is 0.122. The highest BCUT2D eigenvalue weighted by atomic mass is 32.1. The molecule has 2 nitrogen and oxygen atoms in total. The minimum atomic E-state index is -0.339. The molecule has 2 atom stereocenters. The molecule has 2 N–H and O–H groups in total. The van der Waals surface area contributed by atoms with Crippen LogP contribution in [0.2, 0.25) is 0 Å². The standard InChI is InChI=1S/C14H19FN2S/c1-9-5-10(2)17(7-9)8-11-3-4-13(15)12(6-11)14(16)18/h3-4,6,9-10H,5,7-8H2,1-2H3,(H2,16,18). The maximum absolute atomic E-state index is 13.5. The van der Waals surface area contributed by atoms with Crippen molar-refractivity contribution in [2.24, 2.45) is 11.7 Å². The second-order valence-corrected chi connectivity index (χ2v) is 5.74. The summed E-state index contributed by atoms with van der Waals surface area (Å²) in [5, 5.41) is 0. The van der Waals surface area contributed by atoms with Gasteiger partial charge >= 0.3 is 0 Å². The van der Waals surface area contributed by atoms with Gasteiger partial charge in [0.25, 0.3) is 0 Å². The molecule has 0 amide bonds. The van der Waals surface area contributed by atoms with Gasteiger partial charge in [-0.25, -0.2) is 4.39 Å². The molecule has 0 bridgehead atoms. The van der Waals surface area contributed by atoms with Crippen molar-refractivity contribution < 1.29 is 4.39 Å². The van der Waals surface area contributed by atoms with Gasteiger partial charge in [-0.15, -0.1) is 0 Å². The van der Waals surface area contributed by atoms with E-state index in [1.54, 1.807) is 6.07 Å². The van der Waals surface area contributed by atoms with E-state index in [4.69, 9.17) is 18.0 Å². The Hall–Kier alpha value is -1.00. The summed E-state index contributed by atoms with van der Waals surface area (Å²) in [6, 6.07) is 5.62. The zero-order valence-electron chi connectivity index (χ0n) is 10.8. The molecule has 1 aliphatic rings. The summed E-state index contributed by atoms with van der Waals surface area (Å²) in [5.41, 5.74) is 6.94. The van der Waals surface area contributed by atoms with Gasteiger partial charge in [0.1, 0.15) is 10.8 Å². The van der Waals surface area contributed by atoms with Crippen molar-refractivity contribution in [3.8, 4) is 0 Å². The lowest BCUT2D eigenvalue weighted by Crippen LogP contribution is -2.26. The molecule has 1 heterocycles. The summed E-state index contributed by atoms with van der Waals surface area (Å²) in [7, 11) is 0. The van der Waals surface area contributed by atoms with Crippen LogP contribution in [0.1, 0.15) is 31.4 Å². The van der Waals surface area contributed by atoms with Gasteiger partial charge in [-0.1, -0.05) is 25.2 Å². The molecule has 4 heteroatoms. The van der Waals surface area contributed by atoms with Gasteiger partial charge < -0.3 is 5.73 Å². The first kappa shape index (κ1) is 13.4. The molecule has 1 fully saturated rings. The zero-order valence-corrected chi connectivity index (χ0v) is 11.6. The van der Waals surface area contributed by atoms with Crippen molar-refractivity contribution in [2.45, 2.75) is 32.9 Å². The predicted molar refractivity (Wildman–Crippen MR) is 75.9 cm³/mol. The molecule has 1 saturated heterocycles. The Bertz CT molecular complexity index is 461. The number of likely N-dealkylation sites (tertiary alicyclic amines) is 1. The molecule has 0 aromatic heterocycles. The summed E-state index contributed by atoms with van der Waals surface area (Å²) in [6.45, 7) is 6.44. The van der Waals surface area contributed by atoms with Crippen LogP contribution < -0.4 is 5.73 Å². The van der Waals surface area contributed by atoms with E-state index in [0.717, 1.165) is 24.6 Å². The number of benzene rings is 1. The number of halogens is 1. The third-order valence-electron chi connectivity index (χ3n) is 3.59. The molecule has 2 unspecified atom stereocenters. The van der Waals surface area contributed by atoms with Crippen LogP contribution in [0.15, 0.2) is 18.2 Å². The number of hydrogen-bond donors (Lipinski definition) is 1. The molecule has 18 heavy (non-hydrogen) atoms. The second kappa shape index (κ2) is 5.33. The van der Waals surface area contributed by atoms with E-state index in [0.29, 0.717) is 11.6 Å². The quantitative estimate of drug-likeness (QED) is 0.853. The van der Waals surface area contributed by atoms with E-state index in [1.807, 2.05) is 6.07 Å². The summed E-state index contributed by atoms with van der Waals surface area (Å²) < 4.78 is 13.5. The number of thiocarbonyl (C=S) groups is 1. The number of rotatable bonds is 3. The third-order valence-corrected chi connectivity index (χ3v) is 3.81. The van der Waals surface area contributed by atoms with Crippen LogP contribution in [0, 0.1) is 11.7 Å². The number of nitrogens with two attached hydrogens (primary N) is 1. The Kier molecular flexibility index (Phi) is 3.97. The first-order valence-electron chi connectivity index (χ1n) is 6.29. The number of nitrogens with zero attached hydrogens (tertiary/aromatic N) is 1. The van der Waals surface area contributed by atoms with E-state index in [2.05, 4.69) is 18.7 Å². The average molecular weight is 266 g/mol. The first-order valence-corrected chi connectivity index (χ1v) is 6.70. The van der Waals surface area contributed by atoms with Gasteiger partial charge in [0.2, 0.25) is 0 Å². The summed E-state index contributed by atoms with van der Waals surface area (Å²) in [6.07, 6.45) is 1.23. The fraction of sp³-hybridized carbons (Fsp3) is 0.500. The maximum atomic E-state index is 13.5. The lowest BCUT2D eigenvalue weighted by molar-refractivity contribution is 0.256. The molecule has 1 aromatic rings. The summed E-state index contributed by atoms with van der Waals surface area (Å²) in [4.78, 5) is 2.54. The van der Waals surface area contributed by atoms with E-state index < -0.39 is 0 Å². The van der Waals surface area contributed by atoms with E-state index in [-0.39, 0.29) is 10.8 Å². The minimum Gasteiger partial charge on any atom is -0.389 e. The molecule has 0 radical (unpaired) electrons. The van der Waals surface area contributed by atoms with Gasteiger partial charge in [0.15, 0.2) is 0 Å². The van der Waals surface area contributed by atoms with Gasteiger partial charge in [0, 0.05) is 24.7 Å². The first-order chi connectivity index (χ1) is 8.47. The predicted octanol–water partition coefficient (Wildman–Crippen LogP) is 2.69. The van der Waals surface area contributed by atoms with Crippen LogP contribution >= 0.6 is 12.2 Å². The van der Waals surface area contributed by atoms with Crippen LogP contribution in [0.4, 0.5) is 4.39 Å². The Morgan fingerprint density at radius 2 is 2.22 bits per heavy atom. The van der Waals surface area contributed by atoms with Crippen LogP contribution in [-0.2, 0) is 6.54 Å². The normalized spacial score (nSPS) is 24.4. The highest BCUT2D eigenvalue weighted by Gasteiger charge is 2.25. The average Bonchev–Trinajstić information content (AvgIpc) is 2.60. The SMILES string of the molecule is CC1CC(C)N(Cc2ccc(F)c(C(N)=S)c2)C1. The highest BCUT2D eigenvalue weighted by Crippen LogP contribution is 2.24. The largest absolute Gasteiger partial charge is 0.389 e. The van der Waals surface area contributed by atoms with Crippen molar-refractivity contribution in [3.63, 3.8) is 0 Å². The van der Waals surface area contributed by atoms with Crippen molar-refractivity contribution >= 4 is 17.2 Å². The highest BCUT2D eigenvalue weighted by molar-refractivity contribution is 7.80. The maximum Gasteiger partial charge on any atom is 0.133 e. The van der Waals surface area contributed by atoms with Crippen molar-refractivity contribution in [2.75, 3.05) is 6.54 Å². The van der Waals surface area contributed by atoms with Crippen molar-refractivity contribution in [1.82, 2.24) is 4.90 Å². The Balaban J connectivity index is 2.15. The third kappa shape index (κ3) is 2.87. The molecule has 2 rings (SSSR count). The zero-order chi connectivity index (χ0) is 13.3. The lowest BCUT2D eigenvalue weighted by atomic mass is 10.1. The Morgan fingerprint density at radius 1 is 1.50 bits per heavy atom.